The summed E-state index contributed by atoms with van der Waals surface area (Å²) >= 11 is 0. The minimum Gasteiger partial charge on any atom is -0.508 e. The van der Waals surface area contributed by atoms with Crippen LogP contribution in [0.25, 0.3) is 0 Å². The number of carboxylic acids is 1. The number of aromatic hydroxyl groups is 1. The average molecular weight is 479 g/mol. The van der Waals surface area contributed by atoms with E-state index >= 15 is 0 Å². The van der Waals surface area contributed by atoms with Crippen LogP contribution in [0.4, 0.5) is 4.39 Å². The number of ether oxygens (including phenoxy) is 3. The number of phenolic OH excluding ortho intramolecular Hbond substituents is 1. The van der Waals surface area contributed by atoms with E-state index in [1.54, 1.807) is 30.3 Å². The number of rotatable bonds is 9. The molecule has 1 fully saturated rings. The van der Waals surface area contributed by atoms with Gasteiger partial charge in [-0.2, -0.15) is 0 Å². The van der Waals surface area contributed by atoms with Gasteiger partial charge in [-0.25, -0.2) is 4.39 Å². The lowest BCUT2D eigenvalue weighted by molar-refractivity contribution is -0.244. The Morgan fingerprint density at radius 2 is 1.71 bits per heavy atom. The number of aliphatic carboxylic acids is 1. The first-order chi connectivity index (χ1) is 17.0. The predicted octanol–water partition coefficient (Wildman–Crippen LogP) is 6.54. The lowest BCUT2D eigenvalue weighted by Crippen LogP contribution is -2.30. The van der Waals surface area contributed by atoms with Crippen LogP contribution < -0.4 is 4.74 Å². The molecule has 0 aromatic heterocycles. The van der Waals surface area contributed by atoms with Gasteiger partial charge in [0.25, 0.3) is 0 Å². The second kappa shape index (κ2) is 11.6. The Labute approximate surface area is 203 Å². The highest BCUT2D eigenvalue weighted by Crippen LogP contribution is 2.44. The van der Waals surface area contributed by atoms with Crippen molar-refractivity contribution in [2.75, 3.05) is 6.61 Å². The van der Waals surface area contributed by atoms with Crippen molar-refractivity contribution in [1.29, 1.82) is 0 Å². The number of hydrogen-bond donors (Lipinski definition) is 2. The number of halogens is 1. The van der Waals surface area contributed by atoms with Crippen molar-refractivity contribution >= 4 is 5.97 Å². The van der Waals surface area contributed by atoms with E-state index in [1.807, 2.05) is 42.5 Å². The van der Waals surface area contributed by atoms with E-state index < -0.39 is 18.4 Å². The maximum absolute atomic E-state index is 13.3. The average Bonchev–Trinajstić information content (AvgIpc) is 2.86. The molecular weight excluding hydrogens is 451 g/mol. The van der Waals surface area contributed by atoms with Crippen LogP contribution >= 0.6 is 0 Å². The van der Waals surface area contributed by atoms with Crippen LogP contribution in [0.3, 0.4) is 0 Å². The van der Waals surface area contributed by atoms with Gasteiger partial charge in [-0.05, 0) is 49.2 Å². The number of para-hydroxylation sites is 2. The Bertz CT molecular complexity index is 1160. The van der Waals surface area contributed by atoms with Gasteiger partial charge in [-0.15, -0.1) is 0 Å². The summed E-state index contributed by atoms with van der Waals surface area (Å²) in [7, 11) is 0. The molecule has 3 aromatic carbocycles. The topological polar surface area (TPSA) is 85.2 Å². The Hall–Kier alpha value is -3.68. The highest BCUT2D eigenvalue weighted by Gasteiger charge is 2.35. The monoisotopic (exact) mass is 478 g/mol. The second-order valence-electron chi connectivity index (χ2n) is 8.27. The highest BCUT2D eigenvalue weighted by atomic mass is 19.1. The Balaban J connectivity index is 1.55. The summed E-state index contributed by atoms with van der Waals surface area (Å²) in [4.78, 5) is 10.7. The van der Waals surface area contributed by atoms with Gasteiger partial charge in [-0.3, -0.25) is 4.79 Å². The van der Waals surface area contributed by atoms with Gasteiger partial charge < -0.3 is 24.4 Å². The normalized spacial score (nSPS) is 20.1. The van der Waals surface area contributed by atoms with Crippen LogP contribution in [0, 0.1) is 11.7 Å². The van der Waals surface area contributed by atoms with Gasteiger partial charge in [0, 0.05) is 17.9 Å². The van der Waals surface area contributed by atoms with E-state index in [9.17, 15) is 14.3 Å². The summed E-state index contributed by atoms with van der Waals surface area (Å²) < 4.78 is 31.8. The number of hydrogen-bond acceptors (Lipinski definition) is 5. The van der Waals surface area contributed by atoms with Crippen LogP contribution in [-0.4, -0.2) is 22.8 Å². The highest BCUT2D eigenvalue weighted by molar-refractivity contribution is 5.66. The third kappa shape index (κ3) is 6.47. The summed E-state index contributed by atoms with van der Waals surface area (Å²) in [5.41, 5.74) is 1.33. The Morgan fingerprint density at radius 3 is 2.46 bits per heavy atom. The summed E-state index contributed by atoms with van der Waals surface area (Å²) in [5, 5.41) is 19.3. The number of phenols is 1. The third-order valence-corrected chi connectivity index (χ3v) is 5.75. The molecular formula is C28H27FO6. The summed E-state index contributed by atoms with van der Waals surface area (Å²) in [5.74, 6) is -0.142. The lowest BCUT2D eigenvalue weighted by atomic mass is 9.91. The van der Waals surface area contributed by atoms with Crippen molar-refractivity contribution in [1.82, 2.24) is 0 Å². The fraction of sp³-hybridized carbons (Fsp3) is 0.250. The first kappa shape index (κ1) is 24.4. The quantitative estimate of drug-likeness (QED) is 0.340. The molecule has 182 valence electrons. The first-order valence-corrected chi connectivity index (χ1v) is 11.5. The number of benzene rings is 3. The zero-order valence-electron chi connectivity index (χ0n) is 19.0. The number of carbonyl (C=O) groups is 1. The zero-order valence-corrected chi connectivity index (χ0v) is 19.0. The molecule has 1 heterocycles. The van der Waals surface area contributed by atoms with E-state index in [4.69, 9.17) is 19.3 Å². The van der Waals surface area contributed by atoms with Gasteiger partial charge in [0.1, 0.15) is 23.1 Å². The van der Waals surface area contributed by atoms with Crippen molar-refractivity contribution in [3.8, 4) is 17.2 Å². The molecule has 0 radical (unpaired) electrons. The van der Waals surface area contributed by atoms with Crippen molar-refractivity contribution in [3.63, 3.8) is 0 Å². The Morgan fingerprint density at radius 1 is 1.00 bits per heavy atom. The van der Waals surface area contributed by atoms with Crippen LogP contribution in [-0.2, 0) is 14.3 Å². The number of carboxylic acid groups (broad SMARTS) is 1. The molecule has 3 atom stereocenters. The predicted molar refractivity (Wildman–Crippen MR) is 128 cm³/mol. The molecule has 0 aliphatic carbocycles. The summed E-state index contributed by atoms with van der Waals surface area (Å²) in [6.45, 7) is 0.359. The number of allylic oxidation sites excluding steroid dienone is 2. The largest absolute Gasteiger partial charge is 0.508 e. The van der Waals surface area contributed by atoms with Gasteiger partial charge in [0.05, 0.1) is 18.3 Å². The van der Waals surface area contributed by atoms with E-state index in [0.29, 0.717) is 42.1 Å². The smallest absolute Gasteiger partial charge is 0.303 e. The van der Waals surface area contributed by atoms with Crippen molar-refractivity contribution < 1.29 is 33.6 Å². The van der Waals surface area contributed by atoms with Crippen LogP contribution in [0.2, 0.25) is 0 Å². The van der Waals surface area contributed by atoms with Crippen LogP contribution in [0.5, 0.6) is 17.2 Å². The molecule has 4 rings (SSSR count). The maximum atomic E-state index is 13.3. The summed E-state index contributed by atoms with van der Waals surface area (Å²) in [6, 6.07) is 20.1. The molecule has 0 bridgehead atoms. The standard InChI is InChI=1S/C28H27FO6/c29-20-14-16-21(17-15-20)34-25-12-7-5-10-23(25)28-33-18-19(8-2-1-3-13-26(31)32)27(35-28)22-9-4-6-11-24(22)30/h1-2,4-7,9-12,14-17,19,27-28,30H,3,8,13,18H2,(H,31,32)/b2-1+/t19-,27+,28+/m1/s1. The molecule has 35 heavy (non-hydrogen) atoms. The lowest BCUT2D eigenvalue weighted by Gasteiger charge is -2.37. The van der Waals surface area contributed by atoms with Crippen LogP contribution in [0.15, 0.2) is 84.9 Å². The minimum absolute atomic E-state index is 0.0734. The van der Waals surface area contributed by atoms with Crippen LogP contribution in [0.1, 0.15) is 42.8 Å². The van der Waals surface area contributed by atoms with E-state index in [0.717, 1.165) is 0 Å². The summed E-state index contributed by atoms with van der Waals surface area (Å²) in [6.07, 6.45) is 3.68. The zero-order chi connectivity index (χ0) is 24.6. The first-order valence-electron chi connectivity index (χ1n) is 11.5. The molecule has 1 saturated heterocycles. The second-order valence-corrected chi connectivity index (χ2v) is 8.27. The van der Waals surface area contributed by atoms with Crippen molar-refractivity contribution in [2.24, 2.45) is 5.92 Å². The fourth-order valence-electron chi connectivity index (χ4n) is 3.99. The van der Waals surface area contributed by atoms with Gasteiger partial charge in [0.2, 0.25) is 0 Å². The molecule has 2 N–H and O–H groups in total. The van der Waals surface area contributed by atoms with E-state index in [2.05, 4.69) is 0 Å². The SMILES string of the molecule is O=C(O)CC/C=C/C[C@@H]1CO[C@H](c2ccccc2Oc2ccc(F)cc2)O[C@@H]1c1ccccc1O. The van der Waals surface area contributed by atoms with Gasteiger partial charge in [-0.1, -0.05) is 48.6 Å². The molecule has 6 nitrogen and oxygen atoms in total. The minimum atomic E-state index is -0.838. The molecule has 1 aliphatic heterocycles. The fourth-order valence-corrected chi connectivity index (χ4v) is 3.99. The molecule has 1 aliphatic rings. The van der Waals surface area contributed by atoms with Crippen molar-refractivity contribution in [2.45, 2.75) is 31.7 Å². The van der Waals surface area contributed by atoms with Gasteiger partial charge in [0.15, 0.2) is 6.29 Å². The molecule has 0 unspecified atom stereocenters. The maximum Gasteiger partial charge on any atom is 0.303 e. The molecule has 3 aromatic rings. The van der Waals surface area contributed by atoms with E-state index in [1.165, 1.54) is 12.1 Å². The third-order valence-electron chi connectivity index (χ3n) is 5.75. The molecule has 0 saturated carbocycles. The molecule has 0 amide bonds. The van der Waals surface area contributed by atoms with Gasteiger partial charge >= 0.3 is 5.97 Å². The molecule has 0 spiro atoms. The van der Waals surface area contributed by atoms with Crippen molar-refractivity contribution in [3.05, 3.63) is 102 Å². The molecule has 7 heteroatoms. The Kier molecular flexibility index (Phi) is 8.13. The van der Waals surface area contributed by atoms with E-state index in [-0.39, 0.29) is 23.9 Å².